The van der Waals surface area contributed by atoms with Gasteiger partial charge >= 0.3 is 6.03 Å². The molecule has 2 aromatic rings. The van der Waals surface area contributed by atoms with Crippen LogP contribution in [0.3, 0.4) is 0 Å². The van der Waals surface area contributed by atoms with E-state index in [4.69, 9.17) is 0 Å². The van der Waals surface area contributed by atoms with Gasteiger partial charge < -0.3 is 15.5 Å². The summed E-state index contributed by atoms with van der Waals surface area (Å²) in [7, 11) is 0. The van der Waals surface area contributed by atoms with Gasteiger partial charge in [-0.3, -0.25) is 4.79 Å². The summed E-state index contributed by atoms with van der Waals surface area (Å²) in [5.74, 6) is -0.0457. The zero-order valence-electron chi connectivity index (χ0n) is 14.4. The highest BCUT2D eigenvalue weighted by Gasteiger charge is 2.23. The Morgan fingerprint density at radius 1 is 1.12 bits per heavy atom. The normalized spacial score (nSPS) is 14.9. The summed E-state index contributed by atoms with van der Waals surface area (Å²) in [6, 6.07) is 13.4. The van der Waals surface area contributed by atoms with Gasteiger partial charge in [0.05, 0.1) is 3.79 Å². The van der Waals surface area contributed by atoms with Gasteiger partial charge in [-0.1, -0.05) is 18.2 Å². The van der Waals surface area contributed by atoms with Crippen molar-refractivity contribution in [3.8, 4) is 0 Å². The molecule has 1 saturated heterocycles. The van der Waals surface area contributed by atoms with Crippen molar-refractivity contribution in [3.63, 3.8) is 0 Å². The fourth-order valence-corrected chi connectivity index (χ4v) is 4.46. The van der Waals surface area contributed by atoms with Crippen LogP contribution in [0.25, 0.3) is 0 Å². The predicted molar refractivity (Wildman–Crippen MR) is 108 cm³/mol. The molecule has 1 aliphatic rings. The number of hydrogen-bond donors (Lipinski definition) is 2. The molecule has 3 amide bonds. The van der Waals surface area contributed by atoms with E-state index in [1.54, 1.807) is 11.3 Å². The van der Waals surface area contributed by atoms with E-state index in [1.807, 2.05) is 41.3 Å². The molecule has 26 heavy (non-hydrogen) atoms. The van der Waals surface area contributed by atoms with Crippen molar-refractivity contribution in [1.29, 1.82) is 0 Å². The molecule has 138 valence electrons. The van der Waals surface area contributed by atoms with Gasteiger partial charge in [0.1, 0.15) is 0 Å². The fraction of sp³-hybridized carbons (Fsp3) is 0.368. The summed E-state index contributed by atoms with van der Waals surface area (Å²) in [6.45, 7) is 1.96. The van der Waals surface area contributed by atoms with Crippen LogP contribution in [0.2, 0.25) is 0 Å². The van der Waals surface area contributed by atoms with E-state index in [1.165, 1.54) is 4.88 Å². The summed E-state index contributed by atoms with van der Waals surface area (Å²) in [6.07, 6.45) is 2.40. The van der Waals surface area contributed by atoms with E-state index in [0.29, 0.717) is 25.2 Å². The number of rotatable bonds is 5. The van der Waals surface area contributed by atoms with Gasteiger partial charge in [-0.2, -0.15) is 0 Å². The van der Waals surface area contributed by atoms with Crippen molar-refractivity contribution >= 4 is 39.2 Å². The fourth-order valence-electron chi connectivity index (χ4n) is 2.98. The number of thiophene rings is 1. The van der Waals surface area contributed by atoms with Crippen LogP contribution >= 0.6 is 27.3 Å². The van der Waals surface area contributed by atoms with Crippen LogP contribution in [-0.4, -0.2) is 42.5 Å². The third-order valence-corrected chi connectivity index (χ3v) is 6.11. The maximum Gasteiger partial charge on any atom is 0.317 e. The van der Waals surface area contributed by atoms with Crippen LogP contribution < -0.4 is 10.6 Å². The Morgan fingerprint density at radius 2 is 1.85 bits per heavy atom. The molecular weight excluding hydrogens is 414 g/mol. The van der Waals surface area contributed by atoms with E-state index < -0.39 is 0 Å². The molecule has 1 aromatic carbocycles. The van der Waals surface area contributed by atoms with Gasteiger partial charge in [-0.25, -0.2) is 4.79 Å². The molecular formula is C19H22BrN3O2S. The number of nitrogens with zero attached hydrogens (tertiary/aromatic N) is 1. The quantitative estimate of drug-likeness (QED) is 0.752. The van der Waals surface area contributed by atoms with Crippen molar-refractivity contribution in [1.82, 2.24) is 15.5 Å². The summed E-state index contributed by atoms with van der Waals surface area (Å²) in [4.78, 5) is 27.5. The molecule has 1 fully saturated rings. The Balaban J connectivity index is 1.37. The summed E-state index contributed by atoms with van der Waals surface area (Å²) in [5, 5.41) is 6.04. The largest absolute Gasteiger partial charge is 0.349 e. The second-order valence-electron chi connectivity index (χ2n) is 6.29. The topological polar surface area (TPSA) is 61.4 Å². The van der Waals surface area contributed by atoms with Crippen LogP contribution in [0.1, 0.15) is 28.1 Å². The summed E-state index contributed by atoms with van der Waals surface area (Å²) >= 11 is 5.14. The van der Waals surface area contributed by atoms with Crippen LogP contribution in [0.4, 0.5) is 4.79 Å². The standard InChI is InChI=1S/C19H22BrN3O2S/c20-17-7-6-16(26-17)8-11-21-19(25)23-12-9-15(10-13-23)22-18(24)14-4-2-1-3-5-14/h1-7,15H,8-13H2,(H,21,25)(H,22,24). The molecule has 1 aromatic heterocycles. The highest BCUT2D eigenvalue weighted by atomic mass is 79.9. The molecule has 2 heterocycles. The number of urea groups is 1. The minimum Gasteiger partial charge on any atom is -0.349 e. The van der Waals surface area contributed by atoms with Gasteiger partial charge in [0.15, 0.2) is 0 Å². The first-order valence-electron chi connectivity index (χ1n) is 8.75. The average molecular weight is 436 g/mol. The van der Waals surface area contributed by atoms with Gasteiger partial charge in [-0.05, 0) is 59.5 Å². The molecule has 0 spiro atoms. The van der Waals surface area contributed by atoms with Gasteiger partial charge in [0, 0.05) is 36.1 Å². The van der Waals surface area contributed by atoms with Gasteiger partial charge in [0.25, 0.3) is 5.91 Å². The molecule has 0 bridgehead atoms. The van der Waals surface area contributed by atoms with Crippen LogP contribution in [0.15, 0.2) is 46.3 Å². The lowest BCUT2D eigenvalue weighted by molar-refractivity contribution is 0.0918. The number of amides is 3. The SMILES string of the molecule is O=C(NC1CCN(C(=O)NCCc2ccc(Br)s2)CC1)c1ccccc1. The molecule has 0 radical (unpaired) electrons. The first-order chi connectivity index (χ1) is 12.6. The number of carbonyl (C=O) groups is 2. The number of carbonyl (C=O) groups excluding carboxylic acids is 2. The highest BCUT2D eigenvalue weighted by Crippen LogP contribution is 2.22. The lowest BCUT2D eigenvalue weighted by atomic mass is 10.0. The molecule has 2 N–H and O–H groups in total. The number of piperidine rings is 1. The average Bonchev–Trinajstić information content (AvgIpc) is 3.08. The zero-order chi connectivity index (χ0) is 18.4. The van der Waals surface area contributed by atoms with Crippen molar-refractivity contribution in [2.24, 2.45) is 0 Å². The predicted octanol–water partition coefficient (Wildman–Crippen LogP) is 3.66. The van der Waals surface area contributed by atoms with Gasteiger partial charge in [0.2, 0.25) is 0 Å². The van der Waals surface area contributed by atoms with E-state index >= 15 is 0 Å². The van der Waals surface area contributed by atoms with Crippen LogP contribution in [-0.2, 0) is 6.42 Å². The Morgan fingerprint density at radius 3 is 2.50 bits per heavy atom. The number of benzene rings is 1. The number of nitrogens with one attached hydrogen (secondary N) is 2. The summed E-state index contributed by atoms with van der Waals surface area (Å²) in [5.41, 5.74) is 0.674. The molecule has 5 nitrogen and oxygen atoms in total. The number of halogens is 1. The number of hydrogen-bond acceptors (Lipinski definition) is 3. The maximum atomic E-state index is 12.3. The Labute approximate surface area is 165 Å². The minimum absolute atomic E-state index is 0.0199. The maximum absolute atomic E-state index is 12.3. The van der Waals surface area contributed by atoms with Gasteiger partial charge in [-0.15, -0.1) is 11.3 Å². The van der Waals surface area contributed by atoms with E-state index in [0.717, 1.165) is 23.0 Å². The molecule has 0 unspecified atom stereocenters. The second kappa shape index (κ2) is 9.19. The molecule has 3 rings (SSSR count). The summed E-state index contributed by atoms with van der Waals surface area (Å²) < 4.78 is 1.11. The smallest absolute Gasteiger partial charge is 0.317 e. The molecule has 7 heteroatoms. The third kappa shape index (κ3) is 5.32. The van der Waals surface area contributed by atoms with E-state index in [-0.39, 0.29) is 18.0 Å². The highest BCUT2D eigenvalue weighted by molar-refractivity contribution is 9.11. The second-order valence-corrected chi connectivity index (χ2v) is 8.84. The van der Waals surface area contributed by atoms with E-state index in [9.17, 15) is 9.59 Å². The monoisotopic (exact) mass is 435 g/mol. The van der Waals surface area contributed by atoms with Crippen molar-refractivity contribution < 1.29 is 9.59 Å². The first kappa shape index (κ1) is 18.9. The Kier molecular flexibility index (Phi) is 6.68. The zero-order valence-corrected chi connectivity index (χ0v) is 16.8. The Bertz CT molecular complexity index is 742. The van der Waals surface area contributed by atoms with Crippen molar-refractivity contribution in [3.05, 3.63) is 56.7 Å². The van der Waals surface area contributed by atoms with Crippen molar-refractivity contribution in [2.75, 3.05) is 19.6 Å². The van der Waals surface area contributed by atoms with Crippen LogP contribution in [0, 0.1) is 0 Å². The minimum atomic E-state index is -0.0457. The number of likely N-dealkylation sites (tertiary alicyclic amines) is 1. The van der Waals surface area contributed by atoms with E-state index in [2.05, 4.69) is 32.6 Å². The molecule has 0 saturated carbocycles. The molecule has 0 aliphatic carbocycles. The Hall–Kier alpha value is -1.86. The molecule has 0 atom stereocenters. The lowest BCUT2D eigenvalue weighted by Gasteiger charge is -2.32. The molecule has 1 aliphatic heterocycles. The first-order valence-corrected chi connectivity index (χ1v) is 10.4. The lowest BCUT2D eigenvalue weighted by Crippen LogP contribution is -2.49. The third-order valence-electron chi connectivity index (χ3n) is 4.43. The van der Waals surface area contributed by atoms with Crippen molar-refractivity contribution in [2.45, 2.75) is 25.3 Å². The van der Waals surface area contributed by atoms with Crippen LogP contribution in [0.5, 0.6) is 0 Å².